The summed E-state index contributed by atoms with van der Waals surface area (Å²) in [6.45, 7) is 0. The van der Waals surface area contributed by atoms with Gasteiger partial charge in [0.2, 0.25) is 5.91 Å². The van der Waals surface area contributed by atoms with Gasteiger partial charge >= 0.3 is 0 Å². The lowest BCUT2D eigenvalue weighted by atomic mass is 10.3. The van der Waals surface area contributed by atoms with E-state index in [1.54, 1.807) is 17.8 Å². The molecule has 4 heteroatoms. The maximum Gasteiger partial charge on any atom is 0.225 e. The first-order valence-corrected chi connectivity index (χ1v) is 5.34. The minimum Gasteiger partial charge on any atom is -0.325 e. The molecule has 0 fully saturated rings. The standard InChI is InChI=1S/C9H8ClNOS/c10-6-1-2-8-7(5-6)11-9(12)3-4-13-8/h1-2,5H,3-4H2,(H,11,12). The van der Waals surface area contributed by atoms with Crippen LogP contribution in [0.25, 0.3) is 0 Å². The third-order valence-electron chi connectivity index (χ3n) is 1.80. The van der Waals surface area contributed by atoms with E-state index in [0.29, 0.717) is 11.4 Å². The van der Waals surface area contributed by atoms with Gasteiger partial charge in [-0.25, -0.2) is 0 Å². The van der Waals surface area contributed by atoms with Gasteiger partial charge in [0.05, 0.1) is 5.69 Å². The fourth-order valence-electron chi connectivity index (χ4n) is 1.19. The smallest absolute Gasteiger partial charge is 0.225 e. The quantitative estimate of drug-likeness (QED) is 0.718. The van der Waals surface area contributed by atoms with Crippen molar-refractivity contribution in [2.45, 2.75) is 11.3 Å². The zero-order valence-electron chi connectivity index (χ0n) is 6.84. The highest BCUT2D eigenvalue weighted by Crippen LogP contribution is 2.32. The number of hydrogen-bond donors (Lipinski definition) is 1. The molecule has 0 aromatic heterocycles. The molecular formula is C9H8ClNOS. The van der Waals surface area contributed by atoms with Crippen molar-refractivity contribution >= 4 is 35.0 Å². The summed E-state index contributed by atoms with van der Waals surface area (Å²) in [5.41, 5.74) is 0.833. The van der Waals surface area contributed by atoms with Crippen LogP contribution < -0.4 is 5.32 Å². The van der Waals surface area contributed by atoms with Crippen LogP contribution in [0.3, 0.4) is 0 Å². The number of carbonyl (C=O) groups excluding carboxylic acids is 1. The Morgan fingerprint density at radius 3 is 3.15 bits per heavy atom. The predicted molar refractivity (Wildman–Crippen MR) is 55.4 cm³/mol. The van der Waals surface area contributed by atoms with Gasteiger partial charge in [0.15, 0.2) is 0 Å². The van der Waals surface area contributed by atoms with Gasteiger partial charge in [-0.2, -0.15) is 0 Å². The van der Waals surface area contributed by atoms with Crippen LogP contribution in [0.4, 0.5) is 5.69 Å². The molecule has 13 heavy (non-hydrogen) atoms. The third-order valence-corrected chi connectivity index (χ3v) is 3.11. The minimum absolute atomic E-state index is 0.0634. The van der Waals surface area contributed by atoms with Gasteiger partial charge in [0.1, 0.15) is 0 Å². The lowest BCUT2D eigenvalue weighted by Gasteiger charge is -2.05. The Hall–Kier alpha value is -0.670. The molecule has 0 bridgehead atoms. The van der Waals surface area contributed by atoms with E-state index in [-0.39, 0.29) is 5.91 Å². The number of amides is 1. The van der Waals surface area contributed by atoms with Crippen molar-refractivity contribution in [2.75, 3.05) is 11.1 Å². The number of anilines is 1. The van der Waals surface area contributed by atoms with Gasteiger partial charge in [-0.05, 0) is 18.2 Å². The Morgan fingerprint density at radius 2 is 2.31 bits per heavy atom. The zero-order valence-corrected chi connectivity index (χ0v) is 8.41. The summed E-state index contributed by atoms with van der Waals surface area (Å²) in [7, 11) is 0. The van der Waals surface area contributed by atoms with Crippen molar-refractivity contribution in [1.29, 1.82) is 0 Å². The van der Waals surface area contributed by atoms with E-state index in [2.05, 4.69) is 5.32 Å². The van der Waals surface area contributed by atoms with Gasteiger partial charge < -0.3 is 5.32 Å². The van der Waals surface area contributed by atoms with E-state index in [1.807, 2.05) is 12.1 Å². The Balaban J connectivity index is 2.40. The Bertz CT molecular complexity index is 353. The molecule has 68 valence electrons. The topological polar surface area (TPSA) is 29.1 Å². The summed E-state index contributed by atoms with van der Waals surface area (Å²) in [6.07, 6.45) is 0.566. The first-order chi connectivity index (χ1) is 6.25. The Kier molecular flexibility index (Phi) is 2.47. The highest BCUT2D eigenvalue weighted by Gasteiger charge is 2.12. The highest BCUT2D eigenvalue weighted by atomic mass is 35.5. The molecule has 1 aromatic carbocycles. The van der Waals surface area contributed by atoms with Gasteiger partial charge in [-0.1, -0.05) is 11.6 Å². The van der Waals surface area contributed by atoms with E-state index in [4.69, 9.17) is 11.6 Å². The van der Waals surface area contributed by atoms with Gasteiger partial charge in [0, 0.05) is 22.1 Å². The molecule has 2 rings (SSSR count). The molecule has 2 nitrogen and oxygen atoms in total. The summed E-state index contributed by atoms with van der Waals surface area (Å²) in [5, 5.41) is 3.47. The maximum absolute atomic E-state index is 11.2. The van der Waals surface area contributed by atoms with Crippen LogP contribution >= 0.6 is 23.4 Å². The fourth-order valence-corrected chi connectivity index (χ4v) is 2.30. The first-order valence-electron chi connectivity index (χ1n) is 3.98. The molecular weight excluding hydrogens is 206 g/mol. The molecule has 0 aliphatic carbocycles. The number of benzene rings is 1. The van der Waals surface area contributed by atoms with E-state index >= 15 is 0 Å². The van der Waals surface area contributed by atoms with E-state index in [9.17, 15) is 4.79 Å². The summed E-state index contributed by atoms with van der Waals surface area (Å²) in [4.78, 5) is 12.3. The summed E-state index contributed by atoms with van der Waals surface area (Å²) < 4.78 is 0. The zero-order chi connectivity index (χ0) is 9.26. The van der Waals surface area contributed by atoms with Crippen molar-refractivity contribution in [2.24, 2.45) is 0 Å². The van der Waals surface area contributed by atoms with E-state index in [0.717, 1.165) is 16.3 Å². The normalized spacial score (nSPS) is 15.9. The van der Waals surface area contributed by atoms with Crippen LogP contribution in [0.2, 0.25) is 5.02 Å². The number of rotatable bonds is 0. The van der Waals surface area contributed by atoms with Crippen molar-refractivity contribution < 1.29 is 4.79 Å². The number of carbonyl (C=O) groups is 1. The van der Waals surface area contributed by atoms with Gasteiger partial charge in [0.25, 0.3) is 0 Å². The number of nitrogens with one attached hydrogen (secondary N) is 1. The molecule has 0 unspecified atom stereocenters. The van der Waals surface area contributed by atoms with Crippen molar-refractivity contribution in [3.05, 3.63) is 23.2 Å². The van der Waals surface area contributed by atoms with Crippen LogP contribution in [0.1, 0.15) is 6.42 Å². The minimum atomic E-state index is 0.0634. The molecule has 1 amide bonds. The largest absolute Gasteiger partial charge is 0.325 e. The molecule has 1 N–H and O–H groups in total. The molecule has 1 aliphatic rings. The van der Waals surface area contributed by atoms with Gasteiger partial charge in [-0.3, -0.25) is 4.79 Å². The monoisotopic (exact) mass is 213 g/mol. The number of halogens is 1. The molecule has 0 saturated heterocycles. The summed E-state index contributed by atoms with van der Waals surface area (Å²) in [5.74, 6) is 0.897. The van der Waals surface area contributed by atoms with E-state index < -0.39 is 0 Å². The highest BCUT2D eigenvalue weighted by molar-refractivity contribution is 7.99. The third kappa shape index (κ3) is 1.98. The second-order valence-corrected chi connectivity index (χ2v) is 4.36. The van der Waals surface area contributed by atoms with Crippen LogP contribution in [0, 0.1) is 0 Å². The number of fused-ring (bicyclic) bond motifs is 1. The second kappa shape index (κ2) is 3.60. The average molecular weight is 214 g/mol. The fraction of sp³-hybridized carbons (Fsp3) is 0.222. The lowest BCUT2D eigenvalue weighted by molar-refractivity contribution is -0.115. The van der Waals surface area contributed by atoms with Crippen molar-refractivity contribution in [3.63, 3.8) is 0 Å². The lowest BCUT2D eigenvalue weighted by Crippen LogP contribution is -2.09. The molecule has 0 radical (unpaired) electrons. The number of hydrogen-bond acceptors (Lipinski definition) is 2. The Morgan fingerprint density at radius 1 is 1.46 bits per heavy atom. The van der Waals surface area contributed by atoms with Crippen LogP contribution in [-0.2, 0) is 4.79 Å². The average Bonchev–Trinajstić information content (AvgIpc) is 2.25. The molecule has 0 spiro atoms. The molecule has 1 heterocycles. The van der Waals surface area contributed by atoms with Crippen LogP contribution in [0.15, 0.2) is 23.1 Å². The maximum atomic E-state index is 11.2. The van der Waals surface area contributed by atoms with Crippen molar-refractivity contribution in [1.82, 2.24) is 0 Å². The molecule has 1 aliphatic heterocycles. The SMILES string of the molecule is O=C1CCSc2ccc(Cl)cc2N1. The van der Waals surface area contributed by atoms with Gasteiger partial charge in [-0.15, -0.1) is 11.8 Å². The molecule has 1 aromatic rings. The number of thioether (sulfide) groups is 1. The summed E-state index contributed by atoms with van der Waals surface area (Å²) >= 11 is 7.50. The van der Waals surface area contributed by atoms with Crippen LogP contribution in [0.5, 0.6) is 0 Å². The molecule has 0 saturated carbocycles. The molecule has 0 atom stereocenters. The van der Waals surface area contributed by atoms with Crippen LogP contribution in [-0.4, -0.2) is 11.7 Å². The van der Waals surface area contributed by atoms with Crippen molar-refractivity contribution in [3.8, 4) is 0 Å². The predicted octanol–water partition coefficient (Wildman–Crippen LogP) is 2.77. The van der Waals surface area contributed by atoms with E-state index in [1.165, 1.54) is 0 Å². The summed E-state index contributed by atoms with van der Waals surface area (Å²) in [6, 6.07) is 5.56. The first kappa shape index (κ1) is 8.91. The second-order valence-electron chi connectivity index (χ2n) is 2.79. The Labute approximate surface area is 85.7 Å².